The third-order valence-corrected chi connectivity index (χ3v) is 5.72. The van der Waals surface area contributed by atoms with Crippen LogP contribution in [0.4, 0.5) is 5.69 Å². The summed E-state index contributed by atoms with van der Waals surface area (Å²) < 4.78 is 0. The number of pyridine rings is 1. The second kappa shape index (κ2) is 8.16. The van der Waals surface area contributed by atoms with Gasteiger partial charge in [0.2, 0.25) is 0 Å². The molecule has 6 heteroatoms. The van der Waals surface area contributed by atoms with E-state index >= 15 is 0 Å². The van der Waals surface area contributed by atoms with Crippen LogP contribution in [-0.4, -0.2) is 48.6 Å². The Bertz CT molecular complexity index is 1090. The number of carbonyl (C=O) groups is 1. The third-order valence-electron chi connectivity index (χ3n) is 5.72. The molecule has 0 spiro atoms. The second-order valence-electron chi connectivity index (χ2n) is 7.68. The van der Waals surface area contributed by atoms with Gasteiger partial charge < -0.3 is 20.5 Å². The number of benzene rings is 1. The summed E-state index contributed by atoms with van der Waals surface area (Å²) in [6, 6.07) is 14.5. The minimum absolute atomic E-state index is 0.00237. The van der Waals surface area contributed by atoms with E-state index in [1.165, 1.54) is 11.3 Å². The molecule has 1 saturated heterocycles. The fourth-order valence-corrected chi connectivity index (χ4v) is 4.15. The molecule has 2 aliphatic heterocycles. The van der Waals surface area contributed by atoms with Gasteiger partial charge in [-0.15, -0.1) is 0 Å². The van der Waals surface area contributed by atoms with Gasteiger partial charge in [0, 0.05) is 68.0 Å². The number of anilines is 1. The molecule has 2 aromatic heterocycles. The smallest absolute Gasteiger partial charge is 0.253 e. The number of hydrogen-bond acceptors (Lipinski definition) is 4. The molecular formula is C24H25N5O. The number of rotatable bonds is 4. The van der Waals surface area contributed by atoms with Crippen molar-refractivity contribution in [1.29, 1.82) is 0 Å². The van der Waals surface area contributed by atoms with Gasteiger partial charge in [-0.25, -0.2) is 0 Å². The van der Waals surface area contributed by atoms with Crippen LogP contribution >= 0.6 is 0 Å². The summed E-state index contributed by atoms with van der Waals surface area (Å²) in [6.07, 6.45) is 6.84. The van der Waals surface area contributed by atoms with Crippen LogP contribution in [0.2, 0.25) is 0 Å². The first-order chi connectivity index (χ1) is 14.8. The monoisotopic (exact) mass is 399 g/mol. The summed E-state index contributed by atoms with van der Waals surface area (Å²) in [6.45, 7) is 4.75. The van der Waals surface area contributed by atoms with Crippen molar-refractivity contribution in [2.75, 3.05) is 37.6 Å². The lowest BCUT2D eigenvalue weighted by molar-refractivity contribution is 0.0946. The maximum atomic E-state index is 12.1. The third kappa shape index (κ3) is 3.74. The molecule has 4 heterocycles. The van der Waals surface area contributed by atoms with Crippen LogP contribution in [0.15, 0.2) is 48.7 Å². The molecule has 0 radical (unpaired) electrons. The quantitative estimate of drug-likeness (QED) is 0.631. The van der Waals surface area contributed by atoms with E-state index in [0.29, 0.717) is 6.54 Å². The highest BCUT2D eigenvalue weighted by Gasteiger charge is 2.20. The fourth-order valence-electron chi connectivity index (χ4n) is 4.15. The van der Waals surface area contributed by atoms with Gasteiger partial charge in [-0.05, 0) is 35.9 Å². The number of nitrogens with zero attached hydrogens (tertiary/aromatic N) is 2. The molecule has 1 amide bonds. The zero-order chi connectivity index (χ0) is 20.3. The number of piperazine rings is 1. The Hall–Kier alpha value is -3.38. The molecule has 3 aromatic rings. The predicted molar refractivity (Wildman–Crippen MR) is 121 cm³/mol. The molecule has 0 saturated carbocycles. The van der Waals surface area contributed by atoms with Gasteiger partial charge in [0.15, 0.2) is 0 Å². The minimum atomic E-state index is -0.00237. The Morgan fingerprint density at radius 1 is 1.00 bits per heavy atom. The van der Waals surface area contributed by atoms with Crippen LogP contribution in [0.3, 0.4) is 0 Å². The van der Waals surface area contributed by atoms with E-state index in [-0.39, 0.29) is 5.91 Å². The van der Waals surface area contributed by atoms with Gasteiger partial charge in [0.05, 0.1) is 11.3 Å². The largest absolute Gasteiger partial charge is 0.369 e. The number of hydrogen-bond donors (Lipinski definition) is 3. The van der Waals surface area contributed by atoms with Crippen molar-refractivity contribution in [2.45, 2.75) is 6.42 Å². The lowest BCUT2D eigenvalue weighted by Crippen LogP contribution is -2.43. The Labute approximate surface area is 176 Å². The first-order valence-corrected chi connectivity index (χ1v) is 10.5. The topological polar surface area (TPSA) is 73.0 Å². The maximum absolute atomic E-state index is 12.1. The van der Waals surface area contributed by atoms with Crippen LogP contribution in [0.1, 0.15) is 27.3 Å². The van der Waals surface area contributed by atoms with E-state index in [9.17, 15) is 4.79 Å². The second-order valence-corrected chi connectivity index (χ2v) is 7.68. The van der Waals surface area contributed by atoms with Crippen LogP contribution in [0.5, 0.6) is 0 Å². The zero-order valence-electron chi connectivity index (χ0n) is 16.8. The molecule has 0 atom stereocenters. The molecule has 5 rings (SSSR count). The van der Waals surface area contributed by atoms with Gasteiger partial charge in [-0.1, -0.05) is 24.3 Å². The Balaban J connectivity index is 1.41. The van der Waals surface area contributed by atoms with E-state index in [0.717, 1.165) is 60.8 Å². The molecule has 0 aliphatic carbocycles. The number of aromatic amines is 1. The number of aromatic nitrogens is 2. The molecule has 2 aliphatic rings. The summed E-state index contributed by atoms with van der Waals surface area (Å²) in [5, 5.41) is 6.30. The van der Waals surface area contributed by atoms with Gasteiger partial charge in [-0.2, -0.15) is 0 Å². The highest BCUT2D eigenvalue weighted by atomic mass is 16.1. The van der Waals surface area contributed by atoms with Crippen LogP contribution in [0.25, 0.3) is 23.4 Å². The lowest BCUT2D eigenvalue weighted by Gasteiger charge is -2.30. The van der Waals surface area contributed by atoms with Crippen LogP contribution < -0.4 is 15.5 Å². The number of para-hydroxylation sites is 1. The van der Waals surface area contributed by atoms with Crippen molar-refractivity contribution in [2.24, 2.45) is 0 Å². The van der Waals surface area contributed by atoms with Crippen LogP contribution in [-0.2, 0) is 6.42 Å². The number of nitrogens with one attached hydrogen (secondary N) is 3. The number of amides is 1. The molecule has 30 heavy (non-hydrogen) atoms. The molecule has 6 nitrogen and oxygen atoms in total. The number of H-pyrrole nitrogens is 1. The Morgan fingerprint density at radius 2 is 1.87 bits per heavy atom. The summed E-state index contributed by atoms with van der Waals surface area (Å²) in [4.78, 5) is 22.4. The molecule has 0 unspecified atom stereocenters. The van der Waals surface area contributed by atoms with Gasteiger partial charge in [0.25, 0.3) is 5.91 Å². The van der Waals surface area contributed by atoms with E-state index in [1.807, 2.05) is 18.3 Å². The van der Waals surface area contributed by atoms with Crippen molar-refractivity contribution in [3.05, 3.63) is 71.2 Å². The minimum Gasteiger partial charge on any atom is -0.369 e. The van der Waals surface area contributed by atoms with Crippen molar-refractivity contribution < 1.29 is 4.79 Å². The Kier molecular flexibility index (Phi) is 5.07. The normalized spacial score (nSPS) is 16.5. The van der Waals surface area contributed by atoms with E-state index in [2.05, 4.69) is 68.0 Å². The number of fused-ring (bicyclic) bond motifs is 1. The SMILES string of the molecule is O=C1NCCc2[nH]c(-c3ccnc(C=Cc4ccccc4N4CCNCC4)c3)cc21. The zero-order valence-corrected chi connectivity index (χ0v) is 16.8. The first kappa shape index (κ1) is 18.6. The van der Waals surface area contributed by atoms with E-state index < -0.39 is 0 Å². The van der Waals surface area contributed by atoms with Gasteiger partial charge in [-0.3, -0.25) is 9.78 Å². The highest BCUT2D eigenvalue weighted by Crippen LogP contribution is 2.26. The fraction of sp³-hybridized carbons (Fsp3) is 0.250. The summed E-state index contributed by atoms with van der Waals surface area (Å²) >= 11 is 0. The lowest BCUT2D eigenvalue weighted by atomic mass is 10.1. The summed E-state index contributed by atoms with van der Waals surface area (Å²) in [7, 11) is 0. The van der Waals surface area contributed by atoms with Gasteiger partial charge in [0.1, 0.15) is 0 Å². The molecular weight excluding hydrogens is 374 g/mol. The summed E-state index contributed by atoms with van der Waals surface area (Å²) in [5.41, 5.74) is 7.08. The van der Waals surface area contributed by atoms with E-state index in [1.54, 1.807) is 0 Å². The number of carbonyl (C=O) groups excluding carboxylic acids is 1. The standard InChI is InChI=1S/C24H25N5O/c30-24-20-16-22(28-21(20)8-10-27-24)18-7-9-26-19(15-18)6-5-17-3-1-2-4-23(17)29-13-11-25-12-14-29/h1-7,9,15-16,25,28H,8,10-14H2,(H,27,30). The van der Waals surface area contributed by atoms with Crippen molar-refractivity contribution in [3.8, 4) is 11.3 Å². The average molecular weight is 399 g/mol. The summed E-state index contributed by atoms with van der Waals surface area (Å²) in [5.74, 6) is -0.00237. The molecule has 3 N–H and O–H groups in total. The van der Waals surface area contributed by atoms with Crippen molar-refractivity contribution in [1.82, 2.24) is 20.6 Å². The predicted octanol–water partition coefficient (Wildman–Crippen LogP) is 2.94. The molecule has 1 aromatic carbocycles. The van der Waals surface area contributed by atoms with Crippen molar-refractivity contribution in [3.63, 3.8) is 0 Å². The maximum Gasteiger partial charge on any atom is 0.253 e. The van der Waals surface area contributed by atoms with Crippen molar-refractivity contribution >= 4 is 23.7 Å². The Morgan fingerprint density at radius 3 is 2.73 bits per heavy atom. The van der Waals surface area contributed by atoms with Gasteiger partial charge >= 0.3 is 0 Å². The molecule has 1 fully saturated rings. The first-order valence-electron chi connectivity index (χ1n) is 10.5. The van der Waals surface area contributed by atoms with Crippen LogP contribution in [0, 0.1) is 0 Å². The van der Waals surface area contributed by atoms with E-state index in [4.69, 9.17) is 0 Å². The molecule has 0 bridgehead atoms. The molecule has 152 valence electrons. The highest BCUT2D eigenvalue weighted by molar-refractivity contribution is 5.97. The average Bonchev–Trinajstić information content (AvgIpc) is 3.25.